The molecule has 0 saturated carbocycles. The van der Waals surface area contributed by atoms with Crippen LogP contribution in [0.15, 0.2) is 12.1 Å². The lowest BCUT2D eigenvalue weighted by Gasteiger charge is -2.11. The van der Waals surface area contributed by atoms with Crippen LogP contribution < -0.4 is 9.47 Å². The fraction of sp³-hybridized carbons (Fsp3) is 0.500. The molecule has 0 fully saturated rings. The molecule has 4 heteroatoms. The molecule has 0 atom stereocenters. The van der Waals surface area contributed by atoms with E-state index in [0.29, 0.717) is 34.1 Å². The average Bonchev–Trinajstić information content (AvgIpc) is 2.22. The Morgan fingerprint density at radius 2 is 1.69 bits per heavy atom. The second-order valence-electron chi connectivity index (χ2n) is 3.95. The lowest BCUT2D eigenvalue weighted by molar-refractivity contribution is 0.289. The van der Waals surface area contributed by atoms with Gasteiger partial charge in [-0.05, 0) is 12.3 Å². The molecule has 0 aliphatic heterocycles. The van der Waals surface area contributed by atoms with Gasteiger partial charge in [0.2, 0.25) is 0 Å². The Labute approximate surface area is 106 Å². The number of methoxy groups -OCH3 is 1. The monoisotopic (exact) mass is 262 g/mol. The molecule has 0 aromatic heterocycles. The van der Waals surface area contributed by atoms with Gasteiger partial charge in [0.05, 0.1) is 23.8 Å². The maximum atomic E-state index is 6.03. The largest absolute Gasteiger partial charge is 0.495 e. The van der Waals surface area contributed by atoms with Gasteiger partial charge in [0.25, 0.3) is 0 Å². The number of hydrogen-bond acceptors (Lipinski definition) is 2. The molecule has 0 saturated heterocycles. The molecular formula is C12H16Cl2O2. The zero-order chi connectivity index (χ0) is 12.1. The first kappa shape index (κ1) is 13.5. The van der Waals surface area contributed by atoms with Crippen LogP contribution in [0.1, 0.15) is 20.3 Å². The SMILES string of the molecule is COc1cc(Cl)c(OCCC(C)C)cc1Cl. The molecule has 0 unspecified atom stereocenters. The molecule has 0 N–H and O–H groups in total. The van der Waals surface area contributed by atoms with Gasteiger partial charge in [-0.15, -0.1) is 0 Å². The number of rotatable bonds is 5. The van der Waals surface area contributed by atoms with E-state index in [4.69, 9.17) is 32.7 Å². The van der Waals surface area contributed by atoms with Crippen molar-refractivity contribution in [2.45, 2.75) is 20.3 Å². The Bertz CT molecular complexity index is 351. The van der Waals surface area contributed by atoms with Crippen LogP contribution in [-0.2, 0) is 0 Å². The van der Waals surface area contributed by atoms with Gasteiger partial charge in [0.15, 0.2) is 0 Å². The van der Waals surface area contributed by atoms with Gasteiger partial charge in [-0.3, -0.25) is 0 Å². The summed E-state index contributed by atoms with van der Waals surface area (Å²) >= 11 is 12.0. The van der Waals surface area contributed by atoms with Gasteiger partial charge >= 0.3 is 0 Å². The van der Waals surface area contributed by atoms with Gasteiger partial charge in [0.1, 0.15) is 11.5 Å². The predicted octanol–water partition coefficient (Wildman–Crippen LogP) is 4.43. The van der Waals surface area contributed by atoms with Crippen molar-refractivity contribution >= 4 is 23.2 Å². The summed E-state index contributed by atoms with van der Waals surface area (Å²) in [5.74, 6) is 1.77. The van der Waals surface area contributed by atoms with Crippen LogP contribution in [0.5, 0.6) is 11.5 Å². The van der Waals surface area contributed by atoms with E-state index in [9.17, 15) is 0 Å². The molecule has 0 aliphatic carbocycles. The molecular weight excluding hydrogens is 247 g/mol. The summed E-state index contributed by atoms with van der Waals surface area (Å²) in [5, 5.41) is 1.02. The van der Waals surface area contributed by atoms with E-state index in [0.717, 1.165) is 6.42 Å². The molecule has 90 valence electrons. The average molecular weight is 263 g/mol. The second kappa shape index (κ2) is 6.21. The van der Waals surface area contributed by atoms with E-state index in [-0.39, 0.29) is 0 Å². The molecule has 16 heavy (non-hydrogen) atoms. The Kier molecular flexibility index (Phi) is 5.23. The molecule has 0 aliphatic rings. The van der Waals surface area contributed by atoms with Crippen LogP contribution in [0.2, 0.25) is 10.0 Å². The van der Waals surface area contributed by atoms with Crippen LogP contribution in [0.4, 0.5) is 0 Å². The van der Waals surface area contributed by atoms with E-state index in [1.807, 2.05) is 0 Å². The summed E-state index contributed by atoms with van der Waals surface area (Å²) in [5.41, 5.74) is 0. The zero-order valence-electron chi connectivity index (χ0n) is 9.72. The predicted molar refractivity (Wildman–Crippen MR) is 68.0 cm³/mol. The maximum absolute atomic E-state index is 6.03. The van der Waals surface area contributed by atoms with Crippen LogP contribution in [0.25, 0.3) is 0 Å². The Balaban J connectivity index is 2.70. The minimum absolute atomic E-state index is 0.506. The summed E-state index contributed by atoms with van der Waals surface area (Å²) in [6.45, 7) is 4.93. The van der Waals surface area contributed by atoms with E-state index in [1.165, 1.54) is 0 Å². The molecule has 0 spiro atoms. The van der Waals surface area contributed by atoms with E-state index in [2.05, 4.69) is 13.8 Å². The molecule has 0 radical (unpaired) electrons. The third kappa shape index (κ3) is 3.76. The molecule has 0 bridgehead atoms. The Morgan fingerprint density at radius 3 is 2.25 bits per heavy atom. The number of hydrogen-bond donors (Lipinski definition) is 0. The van der Waals surface area contributed by atoms with Crippen molar-refractivity contribution in [2.24, 2.45) is 5.92 Å². The van der Waals surface area contributed by atoms with Crippen molar-refractivity contribution in [3.8, 4) is 11.5 Å². The van der Waals surface area contributed by atoms with Crippen molar-refractivity contribution in [1.29, 1.82) is 0 Å². The van der Waals surface area contributed by atoms with Crippen LogP contribution in [0, 0.1) is 5.92 Å². The maximum Gasteiger partial charge on any atom is 0.139 e. The Hall–Kier alpha value is -0.600. The van der Waals surface area contributed by atoms with E-state index < -0.39 is 0 Å². The fourth-order valence-corrected chi connectivity index (χ4v) is 1.62. The highest BCUT2D eigenvalue weighted by Gasteiger charge is 2.08. The zero-order valence-corrected chi connectivity index (χ0v) is 11.2. The van der Waals surface area contributed by atoms with Gasteiger partial charge in [-0.25, -0.2) is 0 Å². The lowest BCUT2D eigenvalue weighted by Crippen LogP contribution is -2.02. The summed E-state index contributed by atoms with van der Waals surface area (Å²) in [6, 6.07) is 3.34. The first-order valence-corrected chi connectivity index (χ1v) is 5.96. The van der Waals surface area contributed by atoms with Gasteiger partial charge in [-0.1, -0.05) is 37.0 Å². The molecule has 0 amide bonds. The molecule has 0 heterocycles. The minimum Gasteiger partial charge on any atom is -0.495 e. The lowest BCUT2D eigenvalue weighted by atomic mass is 10.1. The third-order valence-electron chi connectivity index (χ3n) is 2.16. The highest BCUT2D eigenvalue weighted by Crippen LogP contribution is 2.35. The van der Waals surface area contributed by atoms with Crippen LogP contribution in [0.3, 0.4) is 0 Å². The van der Waals surface area contributed by atoms with Gasteiger partial charge in [-0.2, -0.15) is 0 Å². The normalized spacial score (nSPS) is 10.6. The van der Waals surface area contributed by atoms with Crippen LogP contribution >= 0.6 is 23.2 Å². The summed E-state index contributed by atoms with van der Waals surface area (Å²) in [6.07, 6.45) is 0.986. The number of halogens is 2. The van der Waals surface area contributed by atoms with Crippen molar-refractivity contribution < 1.29 is 9.47 Å². The van der Waals surface area contributed by atoms with E-state index >= 15 is 0 Å². The molecule has 1 aromatic carbocycles. The van der Waals surface area contributed by atoms with Crippen molar-refractivity contribution in [2.75, 3.05) is 13.7 Å². The minimum atomic E-state index is 0.506. The van der Waals surface area contributed by atoms with Crippen molar-refractivity contribution in [3.05, 3.63) is 22.2 Å². The highest BCUT2D eigenvalue weighted by atomic mass is 35.5. The second-order valence-corrected chi connectivity index (χ2v) is 4.76. The van der Waals surface area contributed by atoms with E-state index in [1.54, 1.807) is 19.2 Å². The number of benzene rings is 1. The molecule has 1 aromatic rings. The third-order valence-corrected chi connectivity index (χ3v) is 2.75. The Morgan fingerprint density at radius 1 is 1.12 bits per heavy atom. The van der Waals surface area contributed by atoms with Crippen LogP contribution in [-0.4, -0.2) is 13.7 Å². The summed E-state index contributed by atoms with van der Waals surface area (Å²) < 4.78 is 10.6. The fourth-order valence-electron chi connectivity index (χ4n) is 1.18. The smallest absolute Gasteiger partial charge is 0.139 e. The van der Waals surface area contributed by atoms with Gasteiger partial charge in [0, 0.05) is 12.1 Å². The molecule has 2 nitrogen and oxygen atoms in total. The highest BCUT2D eigenvalue weighted by molar-refractivity contribution is 6.35. The molecule has 1 rings (SSSR count). The summed E-state index contributed by atoms with van der Waals surface area (Å²) in [7, 11) is 1.55. The van der Waals surface area contributed by atoms with Gasteiger partial charge < -0.3 is 9.47 Å². The quantitative estimate of drug-likeness (QED) is 0.782. The number of ether oxygens (including phenoxy) is 2. The first-order valence-electron chi connectivity index (χ1n) is 5.20. The summed E-state index contributed by atoms with van der Waals surface area (Å²) in [4.78, 5) is 0. The first-order chi connectivity index (χ1) is 7.54. The standard InChI is InChI=1S/C12H16Cl2O2/c1-8(2)4-5-16-12-7-9(13)11(15-3)6-10(12)14/h6-8H,4-5H2,1-3H3. The van der Waals surface area contributed by atoms with Crippen molar-refractivity contribution in [3.63, 3.8) is 0 Å². The van der Waals surface area contributed by atoms with Crippen molar-refractivity contribution in [1.82, 2.24) is 0 Å². The topological polar surface area (TPSA) is 18.5 Å².